The lowest BCUT2D eigenvalue weighted by atomic mass is 10.0. The van der Waals surface area contributed by atoms with E-state index >= 15 is 0 Å². The minimum absolute atomic E-state index is 0.426. The lowest BCUT2D eigenvalue weighted by molar-refractivity contribution is -0.675. The van der Waals surface area contributed by atoms with Gasteiger partial charge in [-0.2, -0.15) is 0 Å². The molecule has 0 amide bonds. The highest BCUT2D eigenvalue weighted by molar-refractivity contribution is 7.99. The first-order valence-electron chi connectivity index (χ1n) is 9.98. The molecule has 0 saturated carbocycles. The molecule has 4 aromatic rings. The second kappa shape index (κ2) is 8.85. The molecule has 0 saturated heterocycles. The molecule has 4 rings (SSSR count). The number of benzene rings is 2. The summed E-state index contributed by atoms with van der Waals surface area (Å²) in [4.78, 5) is 13.4. The van der Waals surface area contributed by atoms with Gasteiger partial charge in [0, 0.05) is 6.42 Å². The van der Waals surface area contributed by atoms with Crippen LogP contribution in [-0.4, -0.2) is 29.2 Å². The Morgan fingerprint density at radius 1 is 1.10 bits per heavy atom. The van der Waals surface area contributed by atoms with Gasteiger partial charge in [0.25, 0.3) is 5.65 Å². The Bertz CT molecular complexity index is 1240. The number of methoxy groups -OCH3 is 2. The van der Waals surface area contributed by atoms with Crippen LogP contribution in [0.15, 0.2) is 52.8 Å². The highest BCUT2D eigenvalue weighted by atomic mass is 32.2. The van der Waals surface area contributed by atoms with E-state index in [0.29, 0.717) is 11.0 Å². The van der Waals surface area contributed by atoms with Gasteiger partial charge >= 0.3 is 0 Å². The summed E-state index contributed by atoms with van der Waals surface area (Å²) in [5.41, 5.74) is 11.5. The zero-order valence-electron chi connectivity index (χ0n) is 18.1. The summed E-state index contributed by atoms with van der Waals surface area (Å²) in [6, 6.07) is 12.2. The summed E-state index contributed by atoms with van der Waals surface area (Å²) in [5, 5.41) is 0.710. The Kier molecular flexibility index (Phi) is 5.99. The minimum Gasteiger partial charge on any atom is -0.497 e. The fourth-order valence-electron chi connectivity index (χ4n) is 3.47. The number of aryl methyl sites for hydroxylation is 4. The highest BCUT2D eigenvalue weighted by Crippen LogP contribution is 2.36. The van der Waals surface area contributed by atoms with E-state index in [4.69, 9.17) is 20.2 Å². The second-order valence-electron chi connectivity index (χ2n) is 7.36. The van der Waals surface area contributed by atoms with Gasteiger partial charge in [-0.15, -0.1) is 0 Å². The zero-order chi connectivity index (χ0) is 22.0. The average molecular weight is 437 g/mol. The number of anilines is 1. The van der Waals surface area contributed by atoms with Gasteiger partial charge in [-0.1, -0.05) is 33.7 Å². The highest BCUT2D eigenvalue weighted by Gasteiger charge is 2.20. The minimum atomic E-state index is 0.426. The van der Waals surface area contributed by atoms with Crippen LogP contribution < -0.4 is 19.8 Å². The van der Waals surface area contributed by atoms with E-state index in [1.807, 2.05) is 22.8 Å². The van der Waals surface area contributed by atoms with Crippen LogP contribution in [0.1, 0.15) is 16.7 Å². The summed E-state index contributed by atoms with van der Waals surface area (Å²) in [6.07, 6.45) is 2.64. The molecule has 2 aromatic heterocycles. The Morgan fingerprint density at radius 2 is 1.94 bits per heavy atom. The second-order valence-corrected chi connectivity index (χ2v) is 8.39. The van der Waals surface area contributed by atoms with Gasteiger partial charge in [0.05, 0.1) is 25.7 Å². The topological polar surface area (TPSA) is 89.9 Å². The lowest BCUT2D eigenvalue weighted by Crippen LogP contribution is -2.36. The largest absolute Gasteiger partial charge is 0.497 e. The zero-order valence-corrected chi connectivity index (χ0v) is 18.9. The Morgan fingerprint density at radius 3 is 2.71 bits per heavy atom. The van der Waals surface area contributed by atoms with Gasteiger partial charge < -0.3 is 20.2 Å². The molecule has 7 nitrogen and oxygen atoms in total. The molecule has 3 N–H and O–H groups in total. The predicted octanol–water partition coefficient (Wildman–Crippen LogP) is 3.86. The number of ether oxygens (including phenoxy) is 2. The van der Waals surface area contributed by atoms with Crippen LogP contribution in [-0.2, 0) is 13.0 Å². The number of hydrogen-bond donors (Lipinski definition) is 2. The summed E-state index contributed by atoms with van der Waals surface area (Å²) < 4.78 is 12.9. The summed E-state index contributed by atoms with van der Waals surface area (Å²) >= 11 is 1.46. The van der Waals surface area contributed by atoms with E-state index in [0.717, 1.165) is 40.5 Å². The molecule has 0 bridgehead atoms. The molecule has 0 aliphatic rings. The maximum absolute atomic E-state index is 6.14. The third kappa shape index (κ3) is 4.44. The molecule has 160 valence electrons. The first-order chi connectivity index (χ1) is 15.0. The van der Waals surface area contributed by atoms with Gasteiger partial charge in [-0.25, -0.2) is 4.57 Å². The Hall–Kier alpha value is -3.26. The number of aromatic nitrogens is 4. The van der Waals surface area contributed by atoms with Gasteiger partial charge in [0.15, 0.2) is 5.52 Å². The van der Waals surface area contributed by atoms with Crippen molar-refractivity contribution < 1.29 is 14.0 Å². The number of rotatable bonds is 7. The number of nitrogens with one attached hydrogen (secondary N) is 1. The molecule has 31 heavy (non-hydrogen) atoms. The van der Waals surface area contributed by atoms with Crippen LogP contribution in [0.2, 0.25) is 0 Å². The molecule has 0 radical (unpaired) electrons. The SMILES string of the molecule is COc1ccc(OC)c(Sc2nc3c([nH]2)c(N)nc[n+]3CCc2cc(C)ccc2C)c1. The molecule has 0 aliphatic heterocycles. The smallest absolute Gasteiger partial charge is 0.294 e. The molecular formula is C23H26N5O2S+. The van der Waals surface area contributed by atoms with Crippen LogP contribution in [0, 0.1) is 13.8 Å². The number of H-pyrrole nitrogens is 1. The number of nitrogens with two attached hydrogens (primary N) is 1. The van der Waals surface area contributed by atoms with Crippen molar-refractivity contribution in [1.82, 2.24) is 15.0 Å². The predicted molar refractivity (Wildman–Crippen MR) is 122 cm³/mol. The molecular weight excluding hydrogens is 410 g/mol. The van der Waals surface area contributed by atoms with Crippen molar-refractivity contribution >= 4 is 28.7 Å². The molecule has 0 unspecified atom stereocenters. The normalized spacial score (nSPS) is 11.1. The molecule has 0 fully saturated rings. The van der Waals surface area contributed by atoms with Crippen molar-refractivity contribution in [2.75, 3.05) is 20.0 Å². The quantitative estimate of drug-likeness (QED) is 0.428. The molecule has 8 heteroatoms. The van der Waals surface area contributed by atoms with Gasteiger partial charge in [0.2, 0.25) is 17.3 Å². The number of hydrogen-bond acceptors (Lipinski definition) is 6. The molecule has 2 aromatic carbocycles. The lowest BCUT2D eigenvalue weighted by Gasteiger charge is -2.07. The third-order valence-electron chi connectivity index (χ3n) is 5.23. The number of imidazole rings is 1. The van der Waals surface area contributed by atoms with Crippen molar-refractivity contribution in [3.05, 3.63) is 59.4 Å². The Balaban J connectivity index is 1.65. The van der Waals surface area contributed by atoms with Crippen molar-refractivity contribution in [2.24, 2.45) is 0 Å². The van der Waals surface area contributed by atoms with E-state index in [1.54, 1.807) is 20.5 Å². The maximum atomic E-state index is 6.14. The first-order valence-corrected chi connectivity index (χ1v) is 10.8. The number of fused-ring (bicyclic) bond motifs is 1. The summed E-state index contributed by atoms with van der Waals surface area (Å²) in [6.45, 7) is 5.01. The summed E-state index contributed by atoms with van der Waals surface area (Å²) in [7, 11) is 3.29. The van der Waals surface area contributed by atoms with Crippen molar-refractivity contribution in [1.29, 1.82) is 0 Å². The van der Waals surface area contributed by atoms with Gasteiger partial charge in [0.1, 0.15) is 11.5 Å². The van der Waals surface area contributed by atoms with Crippen molar-refractivity contribution in [3.8, 4) is 11.5 Å². The van der Waals surface area contributed by atoms with E-state index in [1.165, 1.54) is 28.5 Å². The van der Waals surface area contributed by atoms with Crippen LogP contribution in [0.3, 0.4) is 0 Å². The molecule has 0 aliphatic carbocycles. The van der Waals surface area contributed by atoms with Crippen LogP contribution in [0.4, 0.5) is 5.82 Å². The fourth-order valence-corrected chi connectivity index (χ4v) is 4.39. The summed E-state index contributed by atoms with van der Waals surface area (Å²) in [5.74, 6) is 1.93. The van der Waals surface area contributed by atoms with Gasteiger partial charge in [-0.05, 0) is 54.9 Å². The van der Waals surface area contributed by atoms with Gasteiger partial charge in [-0.3, -0.25) is 0 Å². The van der Waals surface area contributed by atoms with Crippen molar-refractivity contribution in [3.63, 3.8) is 0 Å². The molecule has 2 heterocycles. The average Bonchev–Trinajstić information content (AvgIpc) is 3.20. The standard InChI is InChI=1S/C23H25N5O2S/c1-14-5-6-15(2)16(11-14)9-10-28-13-25-21(24)20-22(28)27-23(26-20)31-19-12-17(29-3)7-8-18(19)30-4/h5-8,11-13H,9-10H2,1-4H3,(H2,24,26,27)/p+1. The van der Waals surface area contributed by atoms with Crippen molar-refractivity contribution in [2.45, 2.75) is 36.9 Å². The number of nitrogens with zero attached hydrogens (tertiary/aromatic N) is 3. The number of nitrogen functional groups attached to an aromatic ring is 1. The monoisotopic (exact) mass is 436 g/mol. The van der Waals surface area contributed by atoms with E-state index in [9.17, 15) is 0 Å². The first kappa shape index (κ1) is 21.0. The molecule has 0 atom stereocenters. The van der Waals surface area contributed by atoms with E-state index < -0.39 is 0 Å². The van der Waals surface area contributed by atoms with Crippen LogP contribution >= 0.6 is 11.8 Å². The molecule has 0 spiro atoms. The van der Waals surface area contributed by atoms with Crippen LogP contribution in [0.5, 0.6) is 11.5 Å². The maximum Gasteiger partial charge on any atom is 0.294 e. The van der Waals surface area contributed by atoms with E-state index in [2.05, 4.69) is 42.0 Å². The number of aromatic amines is 1. The van der Waals surface area contributed by atoms with Crippen LogP contribution in [0.25, 0.3) is 11.2 Å². The Labute approximate surface area is 185 Å². The van der Waals surface area contributed by atoms with E-state index in [-0.39, 0.29) is 0 Å². The third-order valence-corrected chi connectivity index (χ3v) is 6.16. The fraction of sp³-hybridized carbons (Fsp3) is 0.261.